The Morgan fingerprint density at radius 3 is 2.61 bits per heavy atom. The highest BCUT2D eigenvalue weighted by atomic mass is 32.1. The van der Waals surface area contributed by atoms with Crippen LogP contribution >= 0.6 is 11.3 Å². The van der Waals surface area contributed by atoms with Gasteiger partial charge in [0.25, 0.3) is 5.91 Å². The van der Waals surface area contributed by atoms with E-state index in [9.17, 15) is 14.7 Å². The van der Waals surface area contributed by atoms with Gasteiger partial charge in [0, 0.05) is 31.1 Å². The summed E-state index contributed by atoms with van der Waals surface area (Å²) in [5, 5.41) is 26.3. The Kier molecular flexibility index (Phi) is 8.91. The molecule has 4 heterocycles. The predicted octanol–water partition coefficient (Wildman–Crippen LogP) is 4.81. The van der Waals surface area contributed by atoms with Crippen LogP contribution < -0.4 is 15.4 Å². The molecule has 0 radical (unpaired) electrons. The number of para-hydroxylation sites is 1. The van der Waals surface area contributed by atoms with Gasteiger partial charge in [-0.15, -0.1) is 16.4 Å². The smallest absolute Gasteiger partial charge is 0.338 e. The quantitative estimate of drug-likeness (QED) is 0.230. The number of ether oxygens (including phenoxy) is 2. The molecule has 0 saturated carbocycles. The average Bonchev–Trinajstić information content (AvgIpc) is 3.62. The SMILES string of the molecule is COc1ccc(CN2CCc3c(sc(NC4CCCCO4)c3C(=O)O)C2CNC(=O)c2nn(-c3ccccc3)nc2C)cc1. The summed E-state index contributed by atoms with van der Waals surface area (Å²) in [5.41, 5.74) is 3.75. The minimum atomic E-state index is -0.958. The molecule has 11 nitrogen and oxygen atoms in total. The van der Waals surface area contributed by atoms with Gasteiger partial charge in [-0.05, 0) is 68.0 Å². The van der Waals surface area contributed by atoms with Crippen molar-refractivity contribution in [2.45, 2.75) is 51.4 Å². The molecule has 3 N–H and O–H groups in total. The molecule has 2 atom stereocenters. The maximum atomic E-state index is 13.5. The highest BCUT2D eigenvalue weighted by Gasteiger charge is 2.36. The van der Waals surface area contributed by atoms with E-state index in [1.165, 1.54) is 16.1 Å². The molecular formula is C32H36N6O5S. The van der Waals surface area contributed by atoms with Crippen LogP contribution in [-0.2, 0) is 17.7 Å². The van der Waals surface area contributed by atoms with E-state index < -0.39 is 5.97 Å². The number of nitrogens with zero attached hydrogens (tertiary/aromatic N) is 4. The average molecular weight is 617 g/mol. The second kappa shape index (κ2) is 13.2. The monoisotopic (exact) mass is 616 g/mol. The van der Waals surface area contributed by atoms with Gasteiger partial charge < -0.3 is 25.2 Å². The number of nitrogens with one attached hydrogen (secondary N) is 2. The molecule has 0 spiro atoms. The van der Waals surface area contributed by atoms with Crippen molar-refractivity contribution in [2.75, 3.05) is 32.1 Å². The maximum absolute atomic E-state index is 13.5. The predicted molar refractivity (Wildman–Crippen MR) is 167 cm³/mol. The number of hydrogen-bond donors (Lipinski definition) is 3. The molecule has 2 aliphatic rings. The van der Waals surface area contributed by atoms with E-state index in [0.717, 1.165) is 46.7 Å². The summed E-state index contributed by atoms with van der Waals surface area (Å²) in [5.74, 6) is -0.507. The number of carbonyl (C=O) groups is 2. The highest BCUT2D eigenvalue weighted by molar-refractivity contribution is 7.16. The number of thiophene rings is 1. The van der Waals surface area contributed by atoms with Gasteiger partial charge in [-0.25, -0.2) is 4.79 Å². The molecule has 0 aliphatic carbocycles. The summed E-state index contributed by atoms with van der Waals surface area (Å²) in [6.07, 6.45) is 3.24. The lowest BCUT2D eigenvalue weighted by Gasteiger charge is -2.36. The molecule has 2 aliphatic heterocycles. The molecule has 12 heteroatoms. The van der Waals surface area contributed by atoms with Crippen molar-refractivity contribution in [2.24, 2.45) is 0 Å². The summed E-state index contributed by atoms with van der Waals surface area (Å²) in [6.45, 7) is 3.96. The Morgan fingerprint density at radius 1 is 1.11 bits per heavy atom. The van der Waals surface area contributed by atoms with Gasteiger partial charge in [-0.2, -0.15) is 9.90 Å². The minimum absolute atomic E-state index is 0.217. The molecule has 2 aromatic heterocycles. The van der Waals surface area contributed by atoms with Crippen LogP contribution in [0, 0.1) is 6.92 Å². The molecule has 2 aromatic carbocycles. The van der Waals surface area contributed by atoms with E-state index in [4.69, 9.17) is 9.47 Å². The van der Waals surface area contributed by atoms with Crippen LogP contribution in [0.25, 0.3) is 5.69 Å². The first-order valence-electron chi connectivity index (χ1n) is 14.8. The Balaban J connectivity index is 1.28. The van der Waals surface area contributed by atoms with Crippen LogP contribution in [0.3, 0.4) is 0 Å². The standard InChI is InChI=1S/C32H36N6O5S/c1-20-28(36-38(35-20)22-8-4-3-5-9-22)30(39)33-18-25-29-24(15-16-37(25)19-21-11-13-23(42-2)14-12-21)27(32(40)41)31(44-29)34-26-10-6-7-17-43-26/h3-5,8-9,11-14,25-26,34H,6-7,10,15-19H2,1-2H3,(H,33,39)(H,40,41). The fourth-order valence-corrected chi connectivity index (χ4v) is 7.24. The Morgan fingerprint density at radius 2 is 1.91 bits per heavy atom. The number of methoxy groups -OCH3 is 1. The fourth-order valence-electron chi connectivity index (χ4n) is 5.82. The third kappa shape index (κ3) is 6.33. The van der Waals surface area contributed by atoms with Crippen LogP contribution in [-0.4, -0.2) is 69.9 Å². The van der Waals surface area contributed by atoms with Crippen LogP contribution in [0.15, 0.2) is 54.6 Å². The second-order valence-corrected chi connectivity index (χ2v) is 12.1. The summed E-state index contributed by atoms with van der Waals surface area (Å²) in [6, 6.07) is 17.1. The zero-order valence-electron chi connectivity index (χ0n) is 24.8. The van der Waals surface area contributed by atoms with Crippen molar-refractivity contribution in [1.82, 2.24) is 25.2 Å². The molecule has 1 saturated heterocycles. The third-order valence-corrected chi connectivity index (χ3v) is 9.37. The summed E-state index contributed by atoms with van der Waals surface area (Å²) >= 11 is 1.45. The lowest BCUT2D eigenvalue weighted by Crippen LogP contribution is -2.41. The van der Waals surface area contributed by atoms with Gasteiger partial charge in [-0.3, -0.25) is 9.69 Å². The number of benzene rings is 2. The van der Waals surface area contributed by atoms with Gasteiger partial charge >= 0.3 is 5.97 Å². The zero-order valence-corrected chi connectivity index (χ0v) is 25.6. The zero-order chi connectivity index (χ0) is 30.6. The van der Waals surface area contributed by atoms with Crippen molar-refractivity contribution >= 4 is 28.2 Å². The molecule has 0 bridgehead atoms. The van der Waals surface area contributed by atoms with E-state index in [1.807, 2.05) is 54.6 Å². The third-order valence-electron chi connectivity index (χ3n) is 8.10. The molecule has 2 unspecified atom stereocenters. The number of carboxylic acids is 1. The van der Waals surface area contributed by atoms with Gasteiger partial charge in [-0.1, -0.05) is 30.3 Å². The first-order valence-corrected chi connectivity index (χ1v) is 15.6. The van der Waals surface area contributed by atoms with E-state index in [1.54, 1.807) is 14.0 Å². The van der Waals surface area contributed by atoms with Crippen LogP contribution in [0.4, 0.5) is 5.00 Å². The number of aromatic carboxylic acids is 1. The van der Waals surface area contributed by atoms with E-state index >= 15 is 0 Å². The summed E-state index contributed by atoms with van der Waals surface area (Å²) in [4.78, 5) is 30.7. The lowest BCUT2D eigenvalue weighted by molar-refractivity contribution is 0.0344. The Labute approximate surface area is 259 Å². The summed E-state index contributed by atoms with van der Waals surface area (Å²) in [7, 11) is 1.64. The van der Waals surface area contributed by atoms with E-state index in [2.05, 4.69) is 25.7 Å². The van der Waals surface area contributed by atoms with Crippen LogP contribution in [0.5, 0.6) is 5.75 Å². The number of rotatable bonds is 10. The second-order valence-electron chi connectivity index (χ2n) is 11.0. The molecule has 230 valence electrons. The largest absolute Gasteiger partial charge is 0.497 e. The van der Waals surface area contributed by atoms with E-state index in [0.29, 0.717) is 42.4 Å². The number of hydrogen-bond acceptors (Lipinski definition) is 9. The molecular weight excluding hydrogens is 580 g/mol. The van der Waals surface area contributed by atoms with Crippen molar-refractivity contribution in [3.63, 3.8) is 0 Å². The lowest BCUT2D eigenvalue weighted by atomic mass is 9.96. The fraction of sp³-hybridized carbons (Fsp3) is 0.375. The number of anilines is 1. The topological polar surface area (TPSA) is 131 Å². The van der Waals surface area contributed by atoms with Gasteiger partial charge in [0.2, 0.25) is 0 Å². The summed E-state index contributed by atoms with van der Waals surface area (Å²) < 4.78 is 11.2. The van der Waals surface area contributed by atoms with Crippen LogP contribution in [0.2, 0.25) is 0 Å². The first kappa shape index (κ1) is 29.8. The van der Waals surface area contributed by atoms with Crippen molar-refractivity contribution in [3.8, 4) is 11.4 Å². The Bertz CT molecular complexity index is 1610. The number of carbonyl (C=O) groups excluding carboxylic acids is 1. The normalized spacial score (nSPS) is 18.4. The Hall–Kier alpha value is -4.26. The molecule has 6 rings (SSSR count). The van der Waals surface area contributed by atoms with E-state index in [-0.39, 0.29) is 30.4 Å². The number of amides is 1. The maximum Gasteiger partial charge on any atom is 0.338 e. The van der Waals surface area contributed by atoms with Gasteiger partial charge in [0.1, 0.15) is 17.0 Å². The molecule has 1 amide bonds. The molecule has 1 fully saturated rings. The minimum Gasteiger partial charge on any atom is -0.497 e. The van der Waals surface area contributed by atoms with Crippen molar-refractivity contribution in [3.05, 3.63) is 87.6 Å². The van der Waals surface area contributed by atoms with Crippen molar-refractivity contribution in [1.29, 1.82) is 0 Å². The highest BCUT2D eigenvalue weighted by Crippen LogP contribution is 2.43. The van der Waals surface area contributed by atoms with Gasteiger partial charge in [0.15, 0.2) is 5.69 Å². The van der Waals surface area contributed by atoms with Crippen LogP contribution in [0.1, 0.15) is 67.8 Å². The number of fused-ring (bicyclic) bond motifs is 1. The van der Waals surface area contributed by atoms with Gasteiger partial charge in [0.05, 0.1) is 30.1 Å². The number of carboxylic acid groups (broad SMARTS) is 1. The number of aryl methyl sites for hydroxylation is 1. The molecule has 44 heavy (non-hydrogen) atoms. The molecule has 4 aromatic rings. The number of aromatic nitrogens is 3. The van der Waals surface area contributed by atoms with Crippen molar-refractivity contribution < 1.29 is 24.2 Å². The first-order chi connectivity index (χ1) is 21.4.